The summed E-state index contributed by atoms with van der Waals surface area (Å²) in [5.41, 5.74) is 14.5. The zero-order valence-electron chi connectivity index (χ0n) is 20.1. The fraction of sp³-hybridized carbons (Fsp3) is 1.00. The fourth-order valence-electron chi connectivity index (χ4n) is 9.38. The molecule has 0 aromatic rings. The van der Waals surface area contributed by atoms with E-state index in [2.05, 4.69) is 34.6 Å². The van der Waals surface area contributed by atoms with Gasteiger partial charge in [-0.25, -0.2) is 0 Å². The van der Waals surface area contributed by atoms with Crippen LogP contribution in [-0.2, 0) is 0 Å². The molecule has 10 atom stereocenters. The van der Waals surface area contributed by atoms with Gasteiger partial charge in [0.15, 0.2) is 0 Å². The van der Waals surface area contributed by atoms with E-state index in [1.807, 2.05) is 0 Å². The molecule has 168 valence electrons. The number of hydrogen-bond donors (Lipinski definition) is 2. The Hall–Kier alpha value is -0.0800. The van der Waals surface area contributed by atoms with E-state index < -0.39 is 0 Å². The second-order valence-corrected chi connectivity index (χ2v) is 13.0. The third-order valence-corrected chi connectivity index (χ3v) is 11.0. The van der Waals surface area contributed by atoms with Crippen LogP contribution in [-0.4, -0.2) is 12.1 Å². The molecule has 0 aliphatic heterocycles. The molecule has 4 rings (SSSR count). The average molecular weight is 403 g/mol. The van der Waals surface area contributed by atoms with Crippen LogP contribution in [0, 0.1) is 52.3 Å². The van der Waals surface area contributed by atoms with Crippen LogP contribution in [0.15, 0.2) is 0 Å². The monoisotopic (exact) mass is 402 g/mol. The Kier molecular flexibility index (Phi) is 6.19. The largest absolute Gasteiger partial charge is 0.328 e. The van der Waals surface area contributed by atoms with Gasteiger partial charge in [0.1, 0.15) is 0 Å². The maximum absolute atomic E-state index is 7.01. The van der Waals surface area contributed by atoms with E-state index in [0.29, 0.717) is 22.9 Å². The van der Waals surface area contributed by atoms with Gasteiger partial charge >= 0.3 is 0 Å². The van der Waals surface area contributed by atoms with E-state index in [0.717, 1.165) is 41.4 Å². The molecule has 0 unspecified atom stereocenters. The predicted octanol–water partition coefficient (Wildman–Crippen LogP) is 6.37. The van der Waals surface area contributed by atoms with Crippen molar-refractivity contribution in [3.05, 3.63) is 0 Å². The Labute approximate surface area is 181 Å². The molecule has 2 heteroatoms. The van der Waals surface area contributed by atoms with Crippen molar-refractivity contribution in [1.29, 1.82) is 0 Å². The predicted molar refractivity (Wildman–Crippen MR) is 124 cm³/mol. The van der Waals surface area contributed by atoms with Crippen molar-refractivity contribution >= 4 is 0 Å². The normalized spacial score (nSPS) is 50.7. The minimum absolute atomic E-state index is 0.419. The van der Waals surface area contributed by atoms with Gasteiger partial charge in [0.2, 0.25) is 0 Å². The first kappa shape index (κ1) is 22.1. The minimum atomic E-state index is 0.419. The highest BCUT2D eigenvalue weighted by molar-refractivity contribution is 5.12. The lowest BCUT2D eigenvalue weighted by Gasteiger charge is -2.63. The third-order valence-electron chi connectivity index (χ3n) is 11.0. The zero-order valence-corrected chi connectivity index (χ0v) is 20.1. The molecular formula is C27H50N2. The van der Waals surface area contributed by atoms with Crippen molar-refractivity contribution in [2.45, 2.75) is 117 Å². The molecule has 0 radical (unpaired) electrons. The first-order valence-corrected chi connectivity index (χ1v) is 13.2. The van der Waals surface area contributed by atoms with Crippen LogP contribution in [0.25, 0.3) is 0 Å². The molecule has 4 saturated carbocycles. The summed E-state index contributed by atoms with van der Waals surface area (Å²) < 4.78 is 0. The van der Waals surface area contributed by atoms with Crippen LogP contribution in [0.3, 0.4) is 0 Å². The highest BCUT2D eigenvalue weighted by Gasteiger charge is 2.62. The fourth-order valence-corrected chi connectivity index (χ4v) is 9.38. The molecule has 0 amide bonds. The molecule has 4 aliphatic rings. The van der Waals surface area contributed by atoms with Gasteiger partial charge < -0.3 is 11.5 Å². The molecule has 2 nitrogen and oxygen atoms in total. The van der Waals surface area contributed by atoms with E-state index >= 15 is 0 Å². The lowest BCUT2D eigenvalue weighted by molar-refractivity contribution is -0.124. The summed E-state index contributed by atoms with van der Waals surface area (Å²) in [6.45, 7) is 12.6. The van der Waals surface area contributed by atoms with Crippen molar-refractivity contribution in [1.82, 2.24) is 0 Å². The summed E-state index contributed by atoms with van der Waals surface area (Å²) in [5, 5.41) is 0. The Balaban J connectivity index is 1.50. The molecule has 0 aromatic heterocycles. The van der Waals surface area contributed by atoms with E-state index in [9.17, 15) is 0 Å². The van der Waals surface area contributed by atoms with Gasteiger partial charge in [-0.1, -0.05) is 53.9 Å². The number of nitrogens with two attached hydrogens (primary N) is 2. The van der Waals surface area contributed by atoms with E-state index in [1.165, 1.54) is 70.6 Å². The molecule has 4 aliphatic carbocycles. The lowest BCUT2D eigenvalue weighted by Crippen LogP contribution is -2.61. The highest BCUT2D eigenvalue weighted by atomic mass is 14.8. The first-order chi connectivity index (χ1) is 13.7. The van der Waals surface area contributed by atoms with Crippen molar-refractivity contribution in [3.8, 4) is 0 Å². The van der Waals surface area contributed by atoms with Gasteiger partial charge in [-0.15, -0.1) is 0 Å². The van der Waals surface area contributed by atoms with Crippen LogP contribution in [0.2, 0.25) is 0 Å². The van der Waals surface area contributed by atoms with Gasteiger partial charge in [-0.3, -0.25) is 0 Å². The number of hydrogen-bond acceptors (Lipinski definition) is 2. The van der Waals surface area contributed by atoms with Crippen molar-refractivity contribution in [2.75, 3.05) is 0 Å². The molecule has 0 heterocycles. The summed E-state index contributed by atoms with van der Waals surface area (Å²) in [6.07, 6.45) is 15.1. The van der Waals surface area contributed by atoms with Crippen molar-refractivity contribution in [3.63, 3.8) is 0 Å². The molecule has 29 heavy (non-hydrogen) atoms. The summed E-state index contributed by atoms with van der Waals surface area (Å²) >= 11 is 0. The molecule has 4 N–H and O–H groups in total. The van der Waals surface area contributed by atoms with Gasteiger partial charge in [-0.2, -0.15) is 0 Å². The highest BCUT2D eigenvalue weighted by Crippen LogP contribution is 2.68. The third kappa shape index (κ3) is 3.73. The van der Waals surface area contributed by atoms with Crippen molar-refractivity contribution in [2.24, 2.45) is 63.7 Å². The van der Waals surface area contributed by atoms with E-state index in [4.69, 9.17) is 11.5 Å². The zero-order chi connectivity index (χ0) is 21.0. The molecule has 0 bridgehead atoms. The summed E-state index contributed by atoms with van der Waals surface area (Å²) in [7, 11) is 0. The minimum Gasteiger partial charge on any atom is -0.328 e. The smallest absolute Gasteiger partial charge is 0.00757 e. The number of fused-ring (bicyclic) bond motifs is 5. The standard InChI is InChI=1S/C27H50N2/c1-17(2)7-6-8-18(3)21-9-10-22-25-23(12-14-27(21,22)5)26(4)13-11-20(28)15-19(26)16-24(25)29/h17-25H,6-16,28-29H2,1-5H3/t18-,19-,20-,21-,22+,23+,24-,25+,26+,27-/m1/s1. The van der Waals surface area contributed by atoms with Crippen LogP contribution >= 0.6 is 0 Å². The summed E-state index contributed by atoms with van der Waals surface area (Å²) in [4.78, 5) is 0. The molecule has 0 spiro atoms. The quantitative estimate of drug-likeness (QED) is 0.561. The average Bonchev–Trinajstić information content (AvgIpc) is 3.00. The van der Waals surface area contributed by atoms with Crippen LogP contribution < -0.4 is 11.5 Å². The summed E-state index contributed by atoms with van der Waals surface area (Å²) in [6, 6.07) is 0.844. The Morgan fingerprint density at radius 2 is 1.52 bits per heavy atom. The lowest BCUT2D eigenvalue weighted by atomic mass is 9.43. The molecule has 0 saturated heterocycles. The van der Waals surface area contributed by atoms with E-state index in [-0.39, 0.29) is 0 Å². The molecule has 0 aromatic carbocycles. The van der Waals surface area contributed by atoms with Crippen molar-refractivity contribution < 1.29 is 0 Å². The maximum atomic E-state index is 7.01. The summed E-state index contributed by atoms with van der Waals surface area (Å²) in [5.74, 6) is 5.95. The second-order valence-electron chi connectivity index (χ2n) is 13.0. The second kappa shape index (κ2) is 8.12. The van der Waals surface area contributed by atoms with Crippen LogP contribution in [0.5, 0.6) is 0 Å². The maximum Gasteiger partial charge on any atom is 0.00757 e. The topological polar surface area (TPSA) is 52.0 Å². The van der Waals surface area contributed by atoms with Gasteiger partial charge in [0.05, 0.1) is 0 Å². The number of rotatable bonds is 5. The SMILES string of the molecule is CC(C)CCC[C@@H](C)[C@H]1CC[C@H]2[C@@H]3[C@H](N)C[C@H]4C[C@H](N)CC[C@]4(C)[C@H]3CC[C@]12C. The van der Waals surface area contributed by atoms with E-state index in [1.54, 1.807) is 0 Å². The molecular weight excluding hydrogens is 352 g/mol. The van der Waals surface area contributed by atoms with Crippen LogP contribution in [0.4, 0.5) is 0 Å². The Bertz CT molecular complexity index is 573. The van der Waals surface area contributed by atoms with Gasteiger partial charge in [0.25, 0.3) is 0 Å². The Morgan fingerprint density at radius 1 is 0.828 bits per heavy atom. The first-order valence-electron chi connectivity index (χ1n) is 13.2. The van der Waals surface area contributed by atoms with Crippen LogP contribution in [0.1, 0.15) is 105 Å². The molecule has 4 fully saturated rings. The Morgan fingerprint density at radius 3 is 2.24 bits per heavy atom. The van der Waals surface area contributed by atoms with Gasteiger partial charge in [-0.05, 0) is 104 Å². The van der Waals surface area contributed by atoms with Gasteiger partial charge in [0, 0.05) is 12.1 Å².